The minimum Gasteiger partial charge on any atom is -0.497 e. The summed E-state index contributed by atoms with van der Waals surface area (Å²) < 4.78 is 5.15. The van der Waals surface area contributed by atoms with Crippen molar-refractivity contribution in [2.75, 3.05) is 7.11 Å². The first-order valence-electron chi connectivity index (χ1n) is 7.73. The van der Waals surface area contributed by atoms with Gasteiger partial charge in [-0.05, 0) is 37.0 Å². The van der Waals surface area contributed by atoms with Crippen LogP contribution in [-0.2, 0) is 16.0 Å². The average molecular weight is 305 g/mol. The molecular formula is C17H23NO4. The number of rotatable bonds is 6. The summed E-state index contributed by atoms with van der Waals surface area (Å²) in [5, 5.41) is 12.2. The van der Waals surface area contributed by atoms with E-state index in [1.807, 2.05) is 24.3 Å². The van der Waals surface area contributed by atoms with Crippen LogP contribution in [0.3, 0.4) is 0 Å². The van der Waals surface area contributed by atoms with Crippen LogP contribution in [0.25, 0.3) is 0 Å². The Labute approximate surface area is 130 Å². The third-order valence-electron chi connectivity index (χ3n) is 4.27. The fourth-order valence-corrected chi connectivity index (χ4v) is 2.96. The molecule has 1 aromatic rings. The van der Waals surface area contributed by atoms with Gasteiger partial charge in [-0.15, -0.1) is 0 Å². The van der Waals surface area contributed by atoms with Crippen LogP contribution >= 0.6 is 0 Å². The zero-order valence-electron chi connectivity index (χ0n) is 12.9. The predicted octanol–water partition coefficient (Wildman–Crippen LogP) is 2.53. The van der Waals surface area contributed by atoms with E-state index in [4.69, 9.17) is 4.74 Å². The number of carbonyl (C=O) groups excluding carboxylic acids is 1. The van der Waals surface area contributed by atoms with Crippen LogP contribution in [0.2, 0.25) is 0 Å². The molecule has 1 aliphatic carbocycles. The van der Waals surface area contributed by atoms with Crippen molar-refractivity contribution < 1.29 is 19.4 Å². The summed E-state index contributed by atoms with van der Waals surface area (Å²) in [6.45, 7) is 0. The van der Waals surface area contributed by atoms with Crippen LogP contribution in [0.15, 0.2) is 24.3 Å². The quantitative estimate of drug-likeness (QED) is 0.847. The van der Waals surface area contributed by atoms with E-state index in [2.05, 4.69) is 5.32 Å². The molecule has 0 aliphatic heterocycles. The molecule has 2 N–H and O–H groups in total. The molecule has 0 bridgehead atoms. The van der Waals surface area contributed by atoms with E-state index in [9.17, 15) is 14.7 Å². The van der Waals surface area contributed by atoms with Gasteiger partial charge in [0, 0.05) is 6.42 Å². The number of hydrogen-bond donors (Lipinski definition) is 2. The molecule has 0 heterocycles. The molecular weight excluding hydrogens is 282 g/mol. The van der Waals surface area contributed by atoms with Crippen LogP contribution in [0.4, 0.5) is 0 Å². The molecule has 5 nitrogen and oxygen atoms in total. The fraction of sp³-hybridized carbons (Fsp3) is 0.529. The number of ether oxygens (including phenoxy) is 1. The van der Waals surface area contributed by atoms with E-state index >= 15 is 0 Å². The summed E-state index contributed by atoms with van der Waals surface area (Å²) in [7, 11) is 1.60. The maximum Gasteiger partial charge on any atom is 0.329 e. The molecule has 1 amide bonds. The molecule has 0 radical (unpaired) electrons. The fourth-order valence-electron chi connectivity index (χ4n) is 2.96. The van der Waals surface area contributed by atoms with E-state index in [1.54, 1.807) is 7.11 Å². The van der Waals surface area contributed by atoms with Crippen LogP contribution in [0.1, 0.15) is 44.1 Å². The van der Waals surface area contributed by atoms with Crippen LogP contribution < -0.4 is 10.1 Å². The van der Waals surface area contributed by atoms with Gasteiger partial charge in [-0.25, -0.2) is 4.79 Å². The van der Waals surface area contributed by atoms with Crippen molar-refractivity contribution in [2.24, 2.45) is 0 Å². The second-order valence-corrected chi connectivity index (χ2v) is 5.85. The molecule has 0 aromatic heterocycles. The highest BCUT2D eigenvalue weighted by atomic mass is 16.5. The lowest BCUT2D eigenvalue weighted by molar-refractivity contribution is -0.149. The monoisotopic (exact) mass is 305 g/mol. The van der Waals surface area contributed by atoms with Gasteiger partial charge >= 0.3 is 5.97 Å². The summed E-state index contributed by atoms with van der Waals surface area (Å²) in [6.07, 6.45) is 4.63. The molecule has 0 unspecified atom stereocenters. The van der Waals surface area contributed by atoms with Crippen molar-refractivity contribution >= 4 is 11.9 Å². The van der Waals surface area contributed by atoms with Crippen molar-refractivity contribution in [1.29, 1.82) is 0 Å². The number of amides is 1. The Morgan fingerprint density at radius 2 is 2.00 bits per heavy atom. The van der Waals surface area contributed by atoms with Crippen molar-refractivity contribution in [2.45, 2.75) is 50.5 Å². The van der Waals surface area contributed by atoms with E-state index in [0.29, 0.717) is 19.3 Å². The van der Waals surface area contributed by atoms with Gasteiger partial charge in [0.05, 0.1) is 7.11 Å². The Kier molecular flexibility index (Phi) is 5.41. The van der Waals surface area contributed by atoms with Crippen molar-refractivity contribution in [3.8, 4) is 5.75 Å². The summed E-state index contributed by atoms with van der Waals surface area (Å²) in [5.74, 6) is -0.360. The van der Waals surface area contributed by atoms with E-state index in [0.717, 1.165) is 30.6 Å². The van der Waals surface area contributed by atoms with Crippen LogP contribution in [0, 0.1) is 0 Å². The topological polar surface area (TPSA) is 75.6 Å². The first-order valence-corrected chi connectivity index (χ1v) is 7.73. The molecule has 0 atom stereocenters. The molecule has 120 valence electrons. The number of carboxylic acid groups (broad SMARTS) is 1. The average Bonchev–Trinajstić information content (AvgIpc) is 2.54. The first-order chi connectivity index (χ1) is 10.6. The Bertz CT molecular complexity index is 535. The van der Waals surface area contributed by atoms with Gasteiger partial charge in [-0.2, -0.15) is 0 Å². The Morgan fingerprint density at radius 3 is 2.64 bits per heavy atom. The van der Waals surface area contributed by atoms with Crippen molar-refractivity contribution in [1.82, 2.24) is 5.32 Å². The van der Waals surface area contributed by atoms with E-state index in [-0.39, 0.29) is 12.3 Å². The highest BCUT2D eigenvalue weighted by molar-refractivity contribution is 5.87. The van der Waals surface area contributed by atoms with Gasteiger partial charge in [-0.3, -0.25) is 4.79 Å². The van der Waals surface area contributed by atoms with Crippen molar-refractivity contribution in [3.63, 3.8) is 0 Å². The van der Waals surface area contributed by atoms with Gasteiger partial charge in [0.1, 0.15) is 11.3 Å². The number of nitrogens with one attached hydrogen (secondary N) is 1. The molecule has 1 saturated carbocycles. The lowest BCUT2D eigenvalue weighted by atomic mass is 9.81. The third kappa shape index (κ3) is 4.00. The number of aryl methyl sites for hydroxylation is 1. The second kappa shape index (κ2) is 7.29. The molecule has 0 spiro atoms. The molecule has 1 fully saturated rings. The summed E-state index contributed by atoms with van der Waals surface area (Å²) in [4.78, 5) is 23.7. The van der Waals surface area contributed by atoms with Gasteiger partial charge in [0.15, 0.2) is 0 Å². The molecule has 22 heavy (non-hydrogen) atoms. The number of benzene rings is 1. The van der Waals surface area contributed by atoms with Crippen LogP contribution in [-0.4, -0.2) is 29.6 Å². The van der Waals surface area contributed by atoms with Gasteiger partial charge < -0.3 is 15.2 Å². The molecule has 0 saturated heterocycles. The van der Waals surface area contributed by atoms with Crippen LogP contribution in [0.5, 0.6) is 5.75 Å². The number of hydrogen-bond acceptors (Lipinski definition) is 3. The second-order valence-electron chi connectivity index (χ2n) is 5.85. The first kappa shape index (κ1) is 16.3. The Hall–Kier alpha value is -2.04. The maximum atomic E-state index is 12.1. The number of carbonyl (C=O) groups is 2. The summed E-state index contributed by atoms with van der Waals surface area (Å²) >= 11 is 0. The minimum atomic E-state index is -1.07. The number of carboxylic acids is 1. The predicted molar refractivity (Wildman–Crippen MR) is 82.9 cm³/mol. The number of aliphatic carboxylic acids is 1. The largest absolute Gasteiger partial charge is 0.497 e. The molecule has 1 aliphatic rings. The molecule has 5 heteroatoms. The molecule has 1 aromatic carbocycles. The normalized spacial score (nSPS) is 16.8. The van der Waals surface area contributed by atoms with E-state index < -0.39 is 11.5 Å². The number of methoxy groups -OCH3 is 1. The summed E-state index contributed by atoms with van der Waals surface area (Å²) in [6, 6.07) is 7.56. The van der Waals surface area contributed by atoms with E-state index in [1.165, 1.54) is 0 Å². The SMILES string of the molecule is COc1cccc(CCC(=O)NC2(C(=O)O)CCCCC2)c1. The smallest absolute Gasteiger partial charge is 0.329 e. The third-order valence-corrected chi connectivity index (χ3v) is 4.27. The minimum absolute atomic E-state index is 0.202. The lowest BCUT2D eigenvalue weighted by Crippen LogP contribution is -2.55. The standard InChI is InChI=1S/C17H23NO4/c1-22-14-7-5-6-13(12-14)8-9-15(19)18-17(16(20)21)10-3-2-4-11-17/h5-7,12H,2-4,8-11H2,1H3,(H,18,19)(H,20,21). The maximum absolute atomic E-state index is 12.1. The van der Waals surface area contributed by atoms with Gasteiger partial charge in [0.2, 0.25) is 5.91 Å². The van der Waals surface area contributed by atoms with Gasteiger partial charge in [0.25, 0.3) is 0 Å². The lowest BCUT2D eigenvalue weighted by Gasteiger charge is -2.34. The highest BCUT2D eigenvalue weighted by Gasteiger charge is 2.40. The Morgan fingerprint density at radius 1 is 1.27 bits per heavy atom. The van der Waals surface area contributed by atoms with Gasteiger partial charge in [-0.1, -0.05) is 31.4 Å². The zero-order chi connectivity index (χ0) is 16.0. The van der Waals surface area contributed by atoms with Crippen molar-refractivity contribution in [3.05, 3.63) is 29.8 Å². The zero-order valence-corrected chi connectivity index (χ0v) is 12.9. The summed E-state index contributed by atoms with van der Waals surface area (Å²) in [5.41, 5.74) is -0.0634. The highest BCUT2D eigenvalue weighted by Crippen LogP contribution is 2.28. The molecule has 2 rings (SSSR count). The Balaban J connectivity index is 1.92.